The van der Waals surface area contributed by atoms with Crippen molar-refractivity contribution < 1.29 is 13.9 Å². The number of amides is 1. The van der Waals surface area contributed by atoms with Crippen LogP contribution >= 0.6 is 0 Å². The molecule has 1 saturated heterocycles. The molecule has 1 aliphatic rings. The number of hydrogen-bond acceptors (Lipinski definition) is 4. The van der Waals surface area contributed by atoms with Gasteiger partial charge in [-0.2, -0.15) is 0 Å². The Balaban J connectivity index is 1.69. The first-order valence-electron chi connectivity index (χ1n) is 8.55. The zero-order valence-corrected chi connectivity index (χ0v) is 14.4. The number of benzene rings is 1. The zero-order chi connectivity index (χ0) is 18.1. The molecule has 0 spiro atoms. The minimum absolute atomic E-state index is 0.178. The Morgan fingerprint density at radius 3 is 2.65 bits per heavy atom. The average Bonchev–Trinajstić information content (AvgIpc) is 3.04. The maximum absolute atomic E-state index is 13.3. The summed E-state index contributed by atoms with van der Waals surface area (Å²) in [6.45, 7) is 2.92. The summed E-state index contributed by atoms with van der Waals surface area (Å²) in [7, 11) is 0. The summed E-state index contributed by atoms with van der Waals surface area (Å²) in [4.78, 5) is 13.2. The summed E-state index contributed by atoms with van der Waals surface area (Å²) in [5.41, 5.74) is 1.74. The minimum Gasteiger partial charge on any atom is -0.381 e. The van der Waals surface area contributed by atoms with E-state index in [2.05, 4.69) is 15.5 Å². The fourth-order valence-electron chi connectivity index (χ4n) is 3.43. The molecule has 2 aromatic heterocycles. The molecule has 3 aromatic rings. The van der Waals surface area contributed by atoms with E-state index in [1.807, 2.05) is 25.3 Å². The average molecular weight is 354 g/mol. The number of fused-ring (bicyclic) bond motifs is 1. The van der Waals surface area contributed by atoms with Crippen molar-refractivity contribution in [1.82, 2.24) is 14.6 Å². The van der Waals surface area contributed by atoms with Crippen molar-refractivity contribution in [2.75, 3.05) is 18.5 Å². The summed E-state index contributed by atoms with van der Waals surface area (Å²) in [6.07, 6.45) is 2.88. The first-order chi connectivity index (χ1) is 12.6. The molecule has 1 aromatic carbocycles. The van der Waals surface area contributed by atoms with E-state index in [1.165, 1.54) is 12.1 Å². The topological polar surface area (TPSA) is 68.5 Å². The number of anilines is 1. The van der Waals surface area contributed by atoms with Gasteiger partial charge in [-0.1, -0.05) is 12.1 Å². The molecule has 134 valence electrons. The van der Waals surface area contributed by atoms with E-state index in [4.69, 9.17) is 4.74 Å². The number of halogens is 1. The standard InChI is InChI=1S/C19H19FN4O2/c1-13-6-9-24-16(12-13)22-23-18(24)21-17(25)19(7-10-26-11-8-19)14-2-4-15(20)5-3-14/h2-6,9,12H,7-8,10-11H2,1H3,(H,21,23,25). The molecular weight excluding hydrogens is 335 g/mol. The van der Waals surface area contributed by atoms with Crippen molar-refractivity contribution in [3.63, 3.8) is 0 Å². The number of nitrogens with zero attached hydrogens (tertiary/aromatic N) is 3. The van der Waals surface area contributed by atoms with Gasteiger partial charge in [-0.25, -0.2) is 4.39 Å². The van der Waals surface area contributed by atoms with Crippen LogP contribution in [0.15, 0.2) is 42.6 Å². The van der Waals surface area contributed by atoms with Crippen LogP contribution in [0.25, 0.3) is 5.65 Å². The highest BCUT2D eigenvalue weighted by Crippen LogP contribution is 2.36. The van der Waals surface area contributed by atoms with E-state index in [0.29, 0.717) is 37.7 Å². The molecule has 1 N–H and O–H groups in total. The second-order valence-corrected chi connectivity index (χ2v) is 6.61. The third kappa shape index (κ3) is 2.84. The lowest BCUT2D eigenvalue weighted by Crippen LogP contribution is -2.45. The van der Waals surface area contributed by atoms with Crippen LogP contribution in [0.1, 0.15) is 24.0 Å². The summed E-state index contributed by atoms with van der Waals surface area (Å²) in [6, 6.07) is 9.93. The summed E-state index contributed by atoms with van der Waals surface area (Å²) < 4.78 is 20.5. The molecule has 0 radical (unpaired) electrons. The van der Waals surface area contributed by atoms with Gasteiger partial charge in [0.2, 0.25) is 11.9 Å². The van der Waals surface area contributed by atoms with E-state index >= 15 is 0 Å². The Morgan fingerprint density at radius 2 is 1.92 bits per heavy atom. The maximum Gasteiger partial charge on any atom is 0.237 e. The van der Waals surface area contributed by atoms with Gasteiger partial charge >= 0.3 is 0 Å². The molecule has 1 fully saturated rings. The predicted molar refractivity (Wildman–Crippen MR) is 94.5 cm³/mol. The van der Waals surface area contributed by atoms with Crippen molar-refractivity contribution in [1.29, 1.82) is 0 Å². The fraction of sp³-hybridized carbons (Fsp3) is 0.316. The van der Waals surface area contributed by atoms with E-state index in [1.54, 1.807) is 16.5 Å². The zero-order valence-electron chi connectivity index (χ0n) is 14.4. The highest BCUT2D eigenvalue weighted by atomic mass is 19.1. The van der Waals surface area contributed by atoms with Crippen LogP contribution in [0, 0.1) is 12.7 Å². The number of aryl methyl sites for hydroxylation is 1. The van der Waals surface area contributed by atoms with Crippen LogP contribution in [-0.4, -0.2) is 33.7 Å². The van der Waals surface area contributed by atoms with Gasteiger partial charge in [-0.15, -0.1) is 10.2 Å². The molecule has 4 rings (SSSR count). The van der Waals surface area contributed by atoms with Crippen molar-refractivity contribution in [2.24, 2.45) is 0 Å². The second-order valence-electron chi connectivity index (χ2n) is 6.61. The summed E-state index contributed by atoms with van der Waals surface area (Å²) in [5.74, 6) is -0.129. The van der Waals surface area contributed by atoms with Gasteiger partial charge in [-0.05, 0) is 55.2 Å². The molecule has 0 unspecified atom stereocenters. The van der Waals surface area contributed by atoms with Crippen molar-refractivity contribution >= 4 is 17.5 Å². The molecular formula is C19H19FN4O2. The van der Waals surface area contributed by atoms with Gasteiger partial charge < -0.3 is 4.74 Å². The van der Waals surface area contributed by atoms with Crippen molar-refractivity contribution in [3.8, 4) is 0 Å². The quantitative estimate of drug-likeness (QED) is 0.785. The number of carbonyl (C=O) groups is 1. The van der Waals surface area contributed by atoms with Gasteiger partial charge in [0, 0.05) is 19.4 Å². The SMILES string of the molecule is Cc1ccn2c(NC(=O)C3(c4ccc(F)cc4)CCOCC3)nnc2c1. The van der Waals surface area contributed by atoms with Gasteiger partial charge in [-0.3, -0.25) is 14.5 Å². The van der Waals surface area contributed by atoms with Gasteiger partial charge in [0.05, 0.1) is 5.41 Å². The Hall–Kier alpha value is -2.80. The lowest BCUT2D eigenvalue weighted by molar-refractivity contribution is -0.125. The molecule has 0 bridgehead atoms. The largest absolute Gasteiger partial charge is 0.381 e. The van der Waals surface area contributed by atoms with Gasteiger partial charge in [0.25, 0.3) is 0 Å². The highest BCUT2D eigenvalue weighted by Gasteiger charge is 2.42. The molecule has 0 aliphatic carbocycles. The highest BCUT2D eigenvalue weighted by molar-refractivity contribution is 5.98. The number of ether oxygens (including phenoxy) is 1. The monoisotopic (exact) mass is 354 g/mol. The first kappa shape index (κ1) is 16.7. The van der Waals surface area contributed by atoms with E-state index in [9.17, 15) is 9.18 Å². The summed E-state index contributed by atoms with van der Waals surface area (Å²) in [5, 5.41) is 11.1. The molecule has 6 nitrogen and oxygen atoms in total. The fourth-order valence-corrected chi connectivity index (χ4v) is 3.43. The molecule has 0 saturated carbocycles. The molecule has 1 amide bonds. The molecule has 3 heterocycles. The minimum atomic E-state index is -0.775. The van der Waals surface area contributed by atoms with Gasteiger partial charge in [0.1, 0.15) is 5.82 Å². The Bertz CT molecular complexity index is 946. The lowest BCUT2D eigenvalue weighted by Gasteiger charge is -2.36. The number of aromatic nitrogens is 3. The van der Waals surface area contributed by atoms with Crippen molar-refractivity contribution in [2.45, 2.75) is 25.2 Å². The Morgan fingerprint density at radius 1 is 1.19 bits per heavy atom. The number of rotatable bonds is 3. The Kier molecular flexibility index (Phi) is 4.16. The molecule has 7 heteroatoms. The van der Waals surface area contributed by atoms with Crippen LogP contribution in [0.3, 0.4) is 0 Å². The molecule has 0 atom stereocenters. The molecule has 26 heavy (non-hydrogen) atoms. The van der Waals surface area contributed by atoms with E-state index in [-0.39, 0.29) is 11.7 Å². The van der Waals surface area contributed by atoms with E-state index in [0.717, 1.165) is 11.1 Å². The van der Waals surface area contributed by atoms with Gasteiger partial charge in [0.15, 0.2) is 5.65 Å². The number of carbonyl (C=O) groups excluding carboxylic acids is 1. The third-order valence-corrected chi connectivity index (χ3v) is 4.97. The smallest absolute Gasteiger partial charge is 0.237 e. The number of pyridine rings is 1. The van der Waals surface area contributed by atoms with Crippen LogP contribution in [-0.2, 0) is 14.9 Å². The van der Waals surface area contributed by atoms with Crippen LogP contribution in [0.4, 0.5) is 10.3 Å². The van der Waals surface area contributed by atoms with E-state index < -0.39 is 5.41 Å². The Labute approximate surface area is 150 Å². The normalized spacial score (nSPS) is 16.5. The first-order valence-corrected chi connectivity index (χ1v) is 8.55. The maximum atomic E-state index is 13.3. The van der Waals surface area contributed by atoms with Crippen LogP contribution < -0.4 is 5.32 Å². The number of hydrogen-bond donors (Lipinski definition) is 1. The van der Waals surface area contributed by atoms with Crippen LogP contribution in [0.2, 0.25) is 0 Å². The second kappa shape index (κ2) is 6.49. The number of nitrogens with one attached hydrogen (secondary N) is 1. The third-order valence-electron chi connectivity index (χ3n) is 4.97. The van der Waals surface area contributed by atoms with Crippen molar-refractivity contribution in [3.05, 3.63) is 59.5 Å². The molecule has 1 aliphatic heterocycles. The lowest BCUT2D eigenvalue weighted by atomic mass is 9.73. The summed E-state index contributed by atoms with van der Waals surface area (Å²) >= 11 is 0. The predicted octanol–water partition coefficient (Wildman–Crippen LogP) is 2.86. The van der Waals surface area contributed by atoms with Crippen LogP contribution in [0.5, 0.6) is 0 Å².